The van der Waals surface area contributed by atoms with Crippen LogP contribution in [0.4, 0.5) is 21.9 Å². The number of cyclic esters (lactones) is 1. The van der Waals surface area contributed by atoms with Gasteiger partial charge in [-0.15, -0.1) is 0 Å². The van der Waals surface area contributed by atoms with Gasteiger partial charge in [-0.1, -0.05) is 0 Å². The van der Waals surface area contributed by atoms with E-state index in [-0.39, 0.29) is 23.0 Å². The van der Waals surface area contributed by atoms with Crippen molar-refractivity contribution in [1.82, 2.24) is 4.98 Å². The van der Waals surface area contributed by atoms with E-state index in [0.29, 0.717) is 11.3 Å². The lowest BCUT2D eigenvalue weighted by Crippen LogP contribution is -2.46. The molecule has 28 heavy (non-hydrogen) atoms. The first-order valence-corrected chi connectivity index (χ1v) is 8.68. The third kappa shape index (κ3) is 3.38. The van der Waals surface area contributed by atoms with Crippen molar-refractivity contribution in [2.75, 3.05) is 10.2 Å². The summed E-state index contributed by atoms with van der Waals surface area (Å²) in [6, 6.07) is 5.68. The smallest absolute Gasteiger partial charge is 0.415 e. The topological polar surface area (TPSA) is 115 Å². The number of nitrogens with one attached hydrogen (secondary N) is 1. The molecule has 2 amide bonds. The highest BCUT2D eigenvalue weighted by atomic mass is 16.6. The average molecular weight is 384 g/mol. The Labute approximate surface area is 161 Å². The molecular formula is C19H20N4O5. The normalized spacial score (nSPS) is 15.0. The van der Waals surface area contributed by atoms with Gasteiger partial charge in [-0.2, -0.15) is 0 Å². The Kier molecular flexibility index (Phi) is 4.76. The van der Waals surface area contributed by atoms with E-state index in [2.05, 4.69) is 10.3 Å². The number of carbonyl (C=O) groups is 2. The fraction of sp³-hybridized carbons (Fsp3) is 0.316. The van der Waals surface area contributed by atoms with E-state index >= 15 is 0 Å². The summed E-state index contributed by atoms with van der Waals surface area (Å²) in [5, 5.41) is 14.2. The van der Waals surface area contributed by atoms with Crippen LogP contribution < -0.4 is 10.2 Å². The number of aromatic nitrogens is 1. The largest absolute Gasteiger partial charge is 0.438 e. The van der Waals surface area contributed by atoms with Gasteiger partial charge in [0.25, 0.3) is 11.6 Å². The van der Waals surface area contributed by atoms with Gasteiger partial charge in [-0.3, -0.25) is 24.8 Å². The second-order valence-corrected chi connectivity index (χ2v) is 7.18. The van der Waals surface area contributed by atoms with E-state index < -0.39 is 22.5 Å². The van der Waals surface area contributed by atoms with E-state index in [0.717, 1.165) is 0 Å². The van der Waals surface area contributed by atoms with Crippen molar-refractivity contribution >= 4 is 29.1 Å². The number of nitro benzene ring substituents is 1. The predicted molar refractivity (Wildman–Crippen MR) is 102 cm³/mol. The molecule has 2 aromatic rings. The number of amides is 2. The highest BCUT2D eigenvalue weighted by molar-refractivity contribution is 6.06. The summed E-state index contributed by atoms with van der Waals surface area (Å²) in [4.78, 5) is 41.2. The Hall–Kier alpha value is -3.49. The van der Waals surface area contributed by atoms with Crippen molar-refractivity contribution < 1.29 is 19.2 Å². The molecule has 9 heteroatoms. The zero-order valence-corrected chi connectivity index (χ0v) is 15.9. The van der Waals surface area contributed by atoms with Crippen LogP contribution in [0.1, 0.15) is 43.6 Å². The Balaban J connectivity index is 2.13. The average Bonchev–Trinajstić information content (AvgIpc) is 2.61. The van der Waals surface area contributed by atoms with Crippen LogP contribution in [0.5, 0.6) is 0 Å². The number of pyridine rings is 1. The SMILES string of the molecule is CC(C)N1C(=O)OC(C)(C)c2cc(NC(=O)c3cccnc3)c([N+](=O)[O-])cc21. The summed E-state index contributed by atoms with van der Waals surface area (Å²) in [5.41, 5.74) is -0.0838. The Morgan fingerprint density at radius 1 is 1.36 bits per heavy atom. The number of hydrogen-bond donors (Lipinski definition) is 1. The molecule has 3 rings (SSSR count). The molecule has 0 radical (unpaired) electrons. The van der Waals surface area contributed by atoms with Gasteiger partial charge in [0.2, 0.25) is 0 Å². The van der Waals surface area contributed by atoms with E-state index in [9.17, 15) is 19.7 Å². The van der Waals surface area contributed by atoms with Crippen molar-refractivity contribution in [3.05, 3.63) is 57.9 Å². The summed E-state index contributed by atoms with van der Waals surface area (Å²) in [6.07, 6.45) is 2.32. The number of carbonyl (C=O) groups excluding carboxylic acids is 2. The van der Waals surface area contributed by atoms with Crippen molar-refractivity contribution in [3.63, 3.8) is 0 Å². The first kappa shape index (κ1) is 19.3. The van der Waals surface area contributed by atoms with Crippen molar-refractivity contribution in [2.45, 2.75) is 39.3 Å². The van der Waals surface area contributed by atoms with Crippen molar-refractivity contribution in [2.24, 2.45) is 0 Å². The molecule has 0 aliphatic carbocycles. The number of nitrogens with zero attached hydrogens (tertiary/aromatic N) is 3. The summed E-state index contributed by atoms with van der Waals surface area (Å²) in [7, 11) is 0. The monoisotopic (exact) mass is 384 g/mol. The summed E-state index contributed by atoms with van der Waals surface area (Å²) in [5.74, 6) is -0.525. The van der Waals surface area contributed by atoms with Crippen molar-refractivity contribution in [1.29, 1.82) is 0 Å². The predicted octanol–water partition coefficient (Wildman–Crippen LogP) is 3.84. The van der Waals surface area contributed by atoms with Crippen LogP contribution in [0.15, 0.2) is 36.7 Å². The second kappa shape index (κ2) is 6.91. The minimum absolute atomic E-state index is 0.0207. The fourth-order valence-corrected chi connectivity index (χ4v) is 3.11. The number of rotatable bonds is 4. The molecule has 1 aromatic carbocycles. The van der Waals surface area contributed by atoms with E-state index in [1.54, 1.807) is 39.8 Å². The molecular weight excluding hydrogens is 364 g/mol. The van der Waals surface area contributed by atoms with E-state index in [4.69, 9.17) is 4.74 Å². The molecule has 1 N–H and O–H groups in total. The van der Waals surface area contributed by atoms with Crippen LogP contribution in [-0.2, 0) is 10.3 Å². The van der Waals surface area contributed by atoms with Crippen LogP contribution in [0.25, 0.3) is 0 Å². The first-order valence-electron chi connectivity index (χ1n) is 8.68. The van der Waals surface area contributed by atoms with Gasteiger partial charge in [0.15, 0.2) is 0 Å². The number of nitro groups is 1. The molecule has 0 saturated heterocycles. The molecule has 146 valence electrons. The molecule has 0 fully saturated rings. The summed E-state index contributed by atoms with van der Waals surface area (Å²) in [6.45, 7) is 6.96. The third-order valence-electron chi connectivity index (χ3n) is 4.45. The van der Waals surface area contributed by atoms with E-state index in [1.807, 2.05) is 0 Å². The molecule has 1 aromatic heterocycles. The highest BCUT2D eigenvalue weighted by Gasteiger charge is 2.41. The molecule has 0 saturated carbocycles. The van der Waals surface area contributed by atoms with Gasteiger partial charge in [0, 0.05) is 30.1 Å². The third-order valence-corrected chi connectivity index (χ3v) is 4.45. The van der Waals surface area contributed by atoms with Crippen LogP contribution in [0.3, 0.4) is 0 Å². The minimum atomic E-state index is -1.01. The zero-order chi connectivity index (χ0) is 20.6. The molecule has 0 atom stereocenters. The maximum atomic E-state index is 12.5. The van der Waals surface area contributed by atoms with Crippen LogP contribution in [0, 0.1) is 10.1 Å². The first-order chi connectivity index (χ1) is 13.1. The minimum Gasteiger partial charge on any atom is -0.438 e. The number of ether oxygens (including phenoxy) is 1. The molecule has 0 bridgehead atoms. The maximum Gasteiger partial charge on any atom is 0.415 e. The molecule has 2 heterocycles. The Bertz CT molecular complexity index is 956. The maximum absolute atomic E-state index is 12.5. The summed E-state index contributed by atoms with van der Waals surface area (Å²) >= 11 is 0. The number of benzene rings is 1. The molecule has 9 nitrogen and oxygen atoms in total. The molecule has 1 aliphatic rings. The van der Waals surface area contributed by atoms with Gasteiger partial charge in [0.05, 0.1) is 16.2 Å². The van der Waals surface area contributed by atoms with Gasteiger partial charge in [-0.25, -0.2) is 4.79 Å². The second-order valence-electron chi connectivity index (χ2n) is 7.18. The Morgan fingerprint density at radius 3 is 2.64 bits per heavy atom. The number of anilines is 2. The van der Waals surface area contributed by atoms with Crippen molar-refractivity contribution in [3.8, 4) is 0 Å². The number of hydrogen-bond acceptors (Lipinski definition) is 6. The molecule has 0 unspecified atom stereocenters. The van der Waals surface area contributed by atoms with Crippen LogP contribution in [-0.4, -0.2) is 27.9 Å². The summed E-state index contributed by atoms with van der Waals surface area (Å²) < 4.78 is 5.51. The van der Waals surface area contributed by atoms with Crippen LogP contribution in [0.2, 0.25) is 0 Å². The Morgan fingerprint density at radius 2 is 2.07 bits per heavy atom. The fourth-order valence-electron chi connectivity index (χ4n) is 3.11. The standard InChI is InChI=1S/C19H20N4O5/c1-11(2)22-15-9-16(23(26)27)14(8-13(15)19(3,4)28-18(22)25)21-17(24)12-6-5-7-20-10-12/h5-11H,1-4H3,(H,21,24). The zero-order valence-electron chi connectivity index (χ0n) is 15.9. The molecule has 1 aliphatic heterocycles. The van der Waals surface area contributed by atoms with Gasteiger partial charge < -0.3 is 10.1 Å². The van der Waals surface area contributed by atoms with Gasteiger partial charge >= 0.3 is 6.09 Å². The number of fused-ring (bicyclic) bond motifs is 1. The lowest BCUT2D eigenvalue weighted by Gasteiger charge is -2.40. The van der Waals surface area contributed by atoms with Gasteiger partial charge in [0.1, 0.15) is 11.3 Å². The lowest BCUT2D eigenvalue weighted by molar-refractivity contribution is -0.383. The van der Waals surface area contributed by atoms with E-state index in [1.165, 1.54) is 29.4 Å². The van der Waals surface area contributed by atoms with Gasteiger partial charge in [-0.05, 0) is 45.9 Å². The molecule has 0 spiro atoms. The highest BCUT2D eigenvalue weighted by Crippen LogP contribution is 2.44. The quantitative estimate of drug-likeness (QED) is 0.632. The lowest BCUT2D eigenvalue weighted by atomic mass is 9.92. The van der Waals surface area contributed by atoms with Crippen LogP contribution >= 0.6 is 0 Å².